The smallest absolute Gasteiger partial charge is 0.333 e. The maximum absolute atomic E-state index is 12.1. The number of ether oxygens (including phenoxy) is 1. The Balaban J connectivity index is 1.41. The lowest BCUT2D eigenvalue weighted by Crippen LogP contribution is -2.32. The molecule has 1 aliphatic rings. The van der Waals surface area contributed by atoms with E-state index in [2.05, 4.69) is 0 Å². The highest BCUT2D eigenvalue weighted by Crippen LogP contribution is 2.23. The molecule has 0 atom stereocenters. The van der Waals surface area contributed by atoms with Crippen molar-refractivity contribution in [1.29, 1.82) is 0 Å². The Labute approximate surface area is 151 Å². The van der Waals surface area contributed by atoms with Gasteiger partial charge in [-0.25, -0.2) is 4.79 Å². The number of hydroxylamine groups is 2. The lowest BCUT2D eigenvalue weighted by molar-refractivity contribution is -0.168. The number of carbonyl (C=O) groups is 3. The molecule has 2 aromatic carbocycles. The average molecular weight is 353 g/mol. The van der Waals surface area contributed by atoms with E-state index in [4.69, 9.17) is 9.57 Å². The van der Waals surface area contributed by atoms with Crippen molar-refractivity contribution in [3.63, 3.8) is 0 Å². The predicted molar refractivity (Wildman–Crippen MR) is 93.6 cm³/mol. The molecule has 6 nitrogen and oxygen atoms in total. The minimum absolute atomic E-state index is 0.102. The van der Waals surface area contributed by atoms with E-state index in [1.807, 2.05) is 31.2 Å². The fourth-order valence-corrected chi connectivity index (χ4v) is 2.66. The Morgan fingerprint density at radius 2 is 1.65 bits per heavy atom. The average Bonchev–Trinajstić information content (AvgIpc) is 2.87. The molecule has 0 fully saturated rings. The summed E-state index contributed by atoms with van der Waals surface area (Å²) < 4.78 is 5.61. The number of fused-ring (bicyclic) bond motifs is 1. The largest absolute Gasteiger partial charge is 0.494 e. The molecule has 0 spiro atoms. The van der Waals surface area contributed by atoms with Gasteiger partial charge in [-0.1, -0.05) is 29.3 Å². The molecule has 1 aliphatic heterocycles. The summed E-state index contributed by atoms with van der Waals surface area (Å²) in [6.07, 6.45) is 1.30. The lowest BCUT2D eigenvalue weighted by atomic mass is 10.1. The van der Waals surface area contributed by atoms with Crippen LogP contribution in [0.5, 0.6) is 5.75 Å². The number of aryl methyl sites for hydroxylation is 1. The number of benzene rings is 2. The SMILES string of the molecule is Cc1cccc(OCCCCC(=O)ON2C(=O)c3ccccc3C2=O)c1. The molecule has 0 saturated heterocycles. The first-order valence-electron chi connectivity index (χ1n) is 8.44. The Morgan fingerprint density at radius 1 is 0.962 bits per heavy atom. The number of amides is 2. The van der Waals surface area contributed by atoms with Gasteiger partial charge in [-0.3, -0.25) is 9.59 Å². The maximum Gasteiger partial charge on any atom is 0.333 e. The van der Waals surface area contributed by atoms with Gasteiger partial charge in [-0.05, 0) is 49.6 Å². The summed E-state index contributed by atoms with van der Waals surface area (Å²) in [6, 6.07) is 14.1. The number of hydrogen-bond donors (Lipinski definition) is 0. The second kappa shape index (κ2) is 7.82. The van der Waals surface area contributed by atoms with E-state index in [0.29, 0.717) is 24.5 Å². The number of nitrogens with zero attached hydrogens (tertiary/aromatic N) is 1. The molecule has 2 aromatic rings. The number of hydrogen-bond acceptors (Lipinski definition) is 5. The molecule has 0 unspecified atom stereocenters. The first kappa shape index (κ1) is 17.7. The Bertz CT molecular complexity index is 811. The third-order valence-electron chi connectivity index (χ3n) is 3.98. The molecule has 0 aromatic heterocycles. The Hall–Kier alpha value is -3.15. The Morgan fingerprint density at radius 3 is 2.31 bits per heavy atom. The summed E-state index contributed by atoms with van der Waals surface area (Å²) in [5.74, 6) is -1.04. The Kier molecular flexibility index (Phi) is 5.31. The van der Waals surface area contributed by atoms with Crippen LogP contribution in [0.1, 0.15) is 45.5 Å². The van der Waals surface area contributed by atoms with Crippen LogP contribution in [0.4, 0.5) is 0 Å². The highest BCUT2D eigenvalue weighted by atomic mass is 16.7. The molecule has 3 rings (SSSR count). The monoisotopic (exact) mass is 353 g/mol. The van der Waals surface area contributed by atoms with Gasteiger partial charge in [0.25, 0.3) is 11.8 Å². The molecule has 6 heteroatoms. The van der Waals surface area contributed by atoms with Crippen LogP contribution < -0.4 is 4.74 Å². The first-order chi connectivity index (χ1) is 12.6. The number of unbranched alkanes of at least 4 members (excludes halogenated alkanes) is 1. The van der Waals surface area contributed by atoms with Gasteiger partial charge in [-0.2, -0.15) is 0 Å². The van der Waals surface area contributed by atoms with Crippen LogP contribution in [-0.4, -0.2) is 29.5 Å². The summed E-state index contributed by atoms with van der Waals surface area (Å²) in [6.45, 7) is 2.46. The highest BCUT2D eigenvalue weighted by Gasteiger charge is 2.38. The van der Waals surface area contributed by atoms with Gasteiger partial charge in [-0.15, -0.1) is 0 Å². The van der Waals surface area contributed by atoms with Crippen molar-refractivity contribution in [2.45, 2.75) is 26.2 Å². The minimum Gasteiger partial charge on any atom is -0.494 e. The summed E-state index contributed by atoms with van der Waals surface area (Å²) in [5.41, 5.74) is 1.61. The molecule has 1 heterocycles. The number of imide groups is 1. The highest BCUT2D eigenvalue weighted by molar-refractivity contribution is 6.20. The molecule has 2 amide bonds. The van der Waals surface area contributed by atoms with Crippen molar-refractivity contribution in [2.75, 3.05) is 6.61 Å². The van der Waals surface area contributed by atoms with E-state index < -0.39 is 17.8 Å². The minimum atomic E-state index is -0.616. The van der Waals surface area contributed by atoms with Crippen molar-refractivity contribution in [1.82, 2.24) is 5.06 Å². The van der Waals surface area contributed by atoms with Gasteiger partial charge in [0.2, 0.25) is 0 Å². The van der Waals surface area contributed by atoms with Gasteiger partial charge >= 0.3 is 5.97 Å². The van der Waals surface area contributed by atoms with Crippen LogP contribution >= 0.6 is 0 Å². The van der Waals surface area contributed by atoms with Crippen LogP contribution in [0.3, 0.4) is 0 Å². The molecular formula is C20H19NO5. The van der Waals surface area contributed by atoms with Crippen LogP contribution in [0.2, 0.25) is 0 Å². The topological polar surface area (TPSA) is 72.9 Å². The molecule has 134 valence electrons. The van der Waals surface area contributed by atoms with E-state index in [1.54, 1.807) is 12.1 Å². The molecule has 26 heavy (non-hydrogen) atoms. The van der Waals surface area contributed by atoms with Crippen LogP contribution in [0.15, 0.2) is 48.5 Å². The number of rotatable bonds is 7. The zero-order valence-corrected chi connectivity index (χ0v) is 14.4. The zero-order chi connectivity index (χ0) is 18.5. The van der Waals surface area contributed by atoms with Crippen molar-refractivity contribution >= 4 is 17.8 Å². The molecule has 0 N–H and O–H groups in total. The summed E-state index contributed by atoms with van der Waals surface area (Å²) in [7, 11) is 0. The summed E-state index contributed by atoms with van der Waals surface area (Å²) in [4.78, 5) is 41.1. The van der Waals surface area contributed by atoms with E-state index in [-0.39, 0.29) is 17.5 Å². The van der Waals surface area contributed by atoms with Crippen LogP contribution in [0.25, 0.3) is 0 Å². The van der Waals surface area contributed by atoms with Crippen molar-refractivity contribution in [3.8, 4) is 5.75 Å². The first-order valence-corrected chi connectivity index (χ1v) is 8.44. The zero-order valence-electron chi connectivity index (χ0n) is 14.4. The van der Waals surface area contributed by atoms with Gasteiger partial charge < -0.3 is 9.57 Å². The predicted octanol–water partition coefficient (Wildman–Crippen LogP) is 3.30. The third-order valence-corrected chi connectivity index (χ3v) is 3.98. The van der Waals surface area contributed by atoms with Gasteiger partial charge in [0, 0.05) is 6.42 Å². The molecule has 0 radical (unpaired) electrons. The second-order valence-corrected chi connectivity index (χ2v) is 6.04. The maximum atomic E-state index is 12.1. The van der Waals surface area contributed by atoms with E-state index >= 15 is 0 Å². The second-order valence-electron chi connectivity index (χ2n) is 6.04. The van der Waals surface area contributed by atoms with Gasteiger partial charge in [0.15, 0.2) is 0 Å². The standard InChI is InChI=1S/C20H19NO5/c1-14-7-6-8-15(13-14)25-12-5-4-11-18(22)26-21-19(23)16-9-2-3-10-17(16)20(21)24/h2-3,6-10,13H,4-5,11-12H2,1H3. The summed E-state index contributed by atoms with van der Waals surface area (Å²) in [5, 5.41) is 0.538. The fraction of sp³-hybridized carbons (Fsp3) is 0.250. The van der Waals surface area contributed by atoms with Crippen molar-refractivity contribution < 1.29 is 24.0 Å². The number of carbonyl (C=O) groups excluding carboxylic acids is 3. The normalized spacial score (nSPS) is 12.9. The van der Waals surface area contributed by atoms with Crippen LogP contribution in [0, 0.1) is 6.92 Å². The van der Waals surface area contributed by atoms with Gasteiger partial charge in [0.05, 0.1) is 17.7 Å². The van der Waals surface area contributed by atoms with Gasteiger partial charge in [0.1, 0.15) is 5.75 Å². The van der Waals surface area contributed by atoms with Crippen LogP contribution in [-0.2, 0) is 9.63 Å². The molecular weight excluding hydrogens is 334 g/mol. The fourth-order valence-electron chi connectivity index (χ4n) is 2.66. The van der Waals surface area contributed by atoms with E-state index in [1.165, 1.54) is 12.1 Å². The summed E-state index contributed by atoms with van der Waals surface area (Å²) >= 11 is 0. The lowest BCUT2D eigenvalue weighted by Gasteiger charge is -2.12. The molecule has 0 aliphatic carbocycles. The quantitative estimate of drug-likeness (QED) is 0.564. The van der Waals surface area contributed by atoms with Crippen molar-refractivity contribution in [3.05, 3.63) is 65.2 Å². The molecule has 0 saturated carbocycles. The third kappa shape index (κ3) is 3.91. The molecule has 0 bridgehead atoms. The van der Waals surface area contributed by atoms with E-state index in [0.717, 1.165) is 11.3 Å². The van der Waals surface area contributed by atoms with Crippen molar-refractivity contribution in [2.24, 2.45) is 0 Å². The van der Waals surface area contributed by atoms with E-state index in [9.17, 15) is 14.4 Å².